The Morgan fingerprint density at radius 1 is 1.18 bits per heavy atom. The number of carbonyl (C=O) groups is 2. The van der Waals surface area contributed by atoms with E-state index in [1.165, 1.54) is 12.7 Å². The van der Waals surface area contributed by atoms with Crippen LogP contribution in [-0.2, 0) is 4.79 Å². The summed E-state index contributed by atoms with van der Waals surface area (Å²) in [5, 5.41) is 8.83. The number of carbonyl (C=O) groups excluding carboxylic acids is 1. The number of aliphatic carboxylic acids is 1. The number of benzene rings is 1. The van der Waals surface area contributed by atoms with Gasteiger partial charge in [-0.05, 0) is 48.3 Å². The largest absolute Gasteiger partial charge is 0.493 e. The lowest BCUT2D eigenvalue weighted by Gasteiger charge is -2.22. The van der Waals surface area contributed by atoms with Gasteiger partial charge in [0.25, 0.3) is 0 Å². The van der Waals surface area contributed by atoms with Gasteiger partial charge >= 0.3 is 5.97 Å². The number of rotatable bonds is 6. The molecule has 1 aromatic carbocycles. The number of Topliss-reactive ketones (excluding diaryl/α,β-unsaturated/α-hetero) is 1. The molecular weight excluding hydrogens is 284 g/mol. The van der Waals surface area contributed by atoms with E-state index in [0.29, 0.717) is 28.9 Å². The van der Waals surface area contributed by atoms with Crippen molar-refractivity contribution in [2.75, 3.05) is 14.2 Å². The number of carboxylic acids is 1. The third kappa shape index (κ3) is 2.25. The van der Waals surface area contributed by atoms with E-state index >= 15 is 0 Å². The molecule has 1 fully saturated rings. The Hall–Kier alpha value is -2.04. The SMILES string of the molecule is COc1cc2c(c(C(=O)CCC(=O)O)c1OC)C1CCC2C1. The summed E-state index contributed by atoms with van der Waals surface area (Å²) < 4.78 is 10.8. The minimum atomic E-state index is -0.964. The fraction of sp³-hybridized carbons (Fsp3) is 0.529. The van der Waals surface area contributed by atoms with Crippen molar-refractivity contribution < 1.29 is 24.2 Å². The van der Waals surface area contributed by atoms with Gasteiger partial charge in [-0.2, -0.15) is 0 Å². The molecule has 1 saturated carbocycles. The molecule has 0 saturated heterocycles. The van der Waals surface area contributed by atoms with Gasteiger partial charge in [-0.25, -0.2) is 0 Å². The van der Waals surface area contributed by atoms with Crippen LogP contribution in [0.1, 0.15) is 65.4 Å². The van der Waals surface area contributed by atoms with Crippen LogP contribution in [0.4, 0.5) is 0 Å². The van der Waals surface area contributed by atoms with Crippen LogP contribution in [0.5, 0.6) is 11.5 Å². The van der Waals surface area contributed by atoms with Crippen molar-refractivity contribution in [3.63, 3.8) is 0 Å². The first-order valence-corrected chi connectivity index (χ1v) is 7.60. The zero-order valence-electron chi connectivity index (χ0n) is 12.8. The van der Waals surface area contributed by atoms with E-state index in [1.54, 1.807) is 7.11 Å². The molecule has 2 unspecified atom stereocenters. The number of fused-ring (bicyclic) bond motifs is 5. The maximum Gasteiger partial charge on any atom is 0.303 e. The molecular formula is C17H20O5. The summed E-state index contributed by atoms with van der Waals surface area (Å²) in [6.45, 7) is 0. The van der Waals surface area contributed by atoms with Crippen LogP contribution in [0.3, 0.4) is 0 Å². The molecule has 1 N–H and O–H groups in total. The fourth-order valence-electron chi connectivity index (χ4n) is 3.95. The van der Waals surface area contributed by atoms with Crippen LogP contribution >= 0.6 is 0 Å². The Balaban J connectivity index is 2.10. The van der Waals surface area contributed by atoms with Gasteiger partial charge in [0.1, 0.15) is 0 Å². The molecule has 2 atom stereocenters. The van der Waals surface area contributed by atoms with E-state index in [1.807, 2.05) is 6.07 Å². The van der Waals surface area contributed by atoms with Crippen LogP contribution in [0.15, 0.2) is 6.07 Å². The molecule has 1 aromatic rings. The topological polar surface area (TPSA) is 72.8 Å². The smallest absolute Gasteiger partial charge is 0.303 e. The molecule has 5 heteroatoms. The quantitative estimate of drug-likeness (QED) is 0.817. The summed E-state index contributed by atoms with van der Waals surface area (Å²) >= 11 is 0. The summed E-state index contributed by atoms with van der Waals surface area (Å²) in [4.78, 5) is 23.4. The molecule has 0 amide bonds. The van der Waals surface area contributed by atoms with Crippen LogP contribution < -0.4 is 9.47 Å². The van der Waals surface area contributed by atoms with Crippen molar-refractivity contribution in [2.24, 2.45) is 0 Å². The van der Waals surface area contributed by atoms with Crippen molar-refractivity contribution in [3.8, 4) is 11.5 Å². The summed E-state index contributed by atoms with van der Waals surface area (Å²) in [6, 6.07) is 1.99. The predicted molar refractivity (Wildman–Crippen MR) is 80.1 cm³/mol. The molecule has 22 heavy (non-hydrogen) atoms. The highest BCUT2D eigenvalue weighted by Crippen LogP contribution is 2.57. The van der Waals surface area contributed by atoms with Crippen molar-refractivity contribution in [3.05, 3.63) is 22.8 Å². The first kappa shape index (κ1) is 14.9. The standard InChI is InChI=1S/C17H20O5/c1-21-13-8-11-9-3-4-10(7-9)15(11)16(17(13)22-2)12(18)5-6-14(19)20/h8-10H,3-7H2,1-2H3,(H,19,20). The lowest BCUT2D eigenvalue weighted by atomic mass is 9.85. The number of methoxy groups -OCH3 is 2. The lowest BCUT2D eigenvalue weighted by Crippen LogP contribution is -2.13. The van der Waals surface area contributed by atoms with E-state index in [9.17, 15) is 9.59 Å². The average Bonchev–Trinajstić information content (AvgIpc) is 3.12. The molecule has 2 aliphatic carbocycles. The lowest BCUT2D eigenvalue weighted by molar-refractivity contribution is -0.136. The fourth-order valence-corrected chi connectivity index (χ4v) is 3.95. The number of hydrogen-bond acceptors (Lipinski definition) is 4. The van der Waals surface area contributed by atoms with Gasteiger partial charge in [0.2, 0.25) is 0 Å². The second-order valence-corrected chi connectivity index (χ2v) is 6.01. The molecule has 2 aliphatic rings. The Kier molecular flexibility index (Phi) is 3.81. The van der Waals surface area contributed by atoms with Gasteiger partial charge in [0, 0.05) is 6.42 Å². The van der Waals surface area contributed by atoms with Crippen LogP contribution in [0.25, 0.3) is 0 Å². The van der Waals surface area contributed by atoms with Gasteiger partial charge in [0.15, 0.2) is 17.3 Å². The zero-order valence-corrected chi connectivity index (χ0v) is 12.8. The van der Waals surface area contributed by atoms with E-state index in [-0.39, 0.29) is 18.6 Å². The molecule has 118 valence electrons. The number of carboxylic acid groups (broad SMARTS) is 1. The number of ether oxygens (including phenoxy) is 2. The molecule has 3 rings (SSSR count). The van der Waals surface area contributed by atoms with Gasteiger partial charge in [-0.3, -0.25) is 9.59 Å². The summed E-state index contributed by atoms with van der Waals surface area (Å²) in [6.07, 6.45) is 3.14. The summed E-state index contributed by atoms with van der Waals surface area (Å²) in [5.74, 6) is 0.765. The number of hydrogen-bond donors (Lipinski definition) is 1. The maximum absolute atomic E-state index is 12.6. The van der Waals surface area contributed by atoms with Crippen molar-refractivity contribution in [2.45, 2.75) is 43.9 Å². The minimum Gasteiger partial charge on any atom is -0.493 e. The van der Waals surface area contributed by atoms with Crippen molar-refractivity contribution in [1.29, 1.82) is 0 Å². The van der Waals surface area contributed by atoms with E-state index < -0.39 is 5.97 Å². The predicted octanol–water partition coefficient (Wildman–Crippen LogP) is 3.12. The first-order valence-electron chi connectivity index (χ1n) is 7.60. The average molecular weight is 304 g/mol. The molecule has 0 spiro atoms. The monoisotopic (exact) mass is 304 g/mol. The van der Waals surface area contributed by atoms with Gasteiger partial charge in [-0.1, -0.05) is 0 Å². The third-order valence-corrected chi connectivity index (χ3v) is 4.87. The van der Waals surface area contributed by atoms with E-state index in [4.69, 9.17) is 14.6 Å². The van der Waals surface area contributed by atoms with E-state index in [2.05, 4.69) is 0 Å². The van der Waals surface area contributed by atoms with Crippen LogP contribution in [0.2, 0.25) is 0 Å². The Bertz CT molecular complexity index is 634. The van der Waals surface area contributed by atoms with Crippen molar-refractivity contribution in [1.82, 2.24) is 0 Å². The molecule has 0 aromatic heterocycles. The van der Waals surface area contributed by atoms with Gasteiger partial charge in [-0.15, -0.1) is 0 Å². The second kappa shape index (κ2) is 5.63. The highest BCUT2D eigenvalue weighted by Gasteiger charge is 2.41. The van der Waals surface area contributed by atoms with Crippen LogP contribution in [-0.4, -0.2) is 31.1 Å². The Labute approximate surface area is 129 Å². The minimum absolute atomic E-state index is 0.0112. The Morgan fingerprint density at radius 2 is 1.91 bits per heavy atom. The highest BCUT2D eigenvalue weighted by atomic mass is 16.5. The molecule has 2 bridgehead atoms. The highest BCUT2D eigenvalue weighted by molar-refractivity contribution is 6.03. The second-order valence-electron chi connectivity index (χ2n) is 6.01. The van der Waals surface area contributed by atoms with Gasteiger partial charge in [0.05, 0.1) is 26.2 Å². The molecule has 0 radical (unpaired) electrons. The van der Waals surface area contributed by atoms with Gasteiger partial charge < -0.3 is 14.6 Å². The first-order chi connectivity index (χ1) is 10.6. The summed E-state index contributed by atoms with van der Waals surface area (Å²) in [5.41, 5.74) is 2.81. The molecule has 0 heterocycles. The normalized spacial score (nSPS) is 21.5. The number of ketones is 1. The molecule has 5 nitrogen and oxygen atoms in total. The molecule has 0 aliphatic heterocycles. The Morgan fingerprint density at radius 3 is 2.55 bits per heavy atom. The zero-order chi connectivity index (χ0) is 15.9. The summed E-state index contributed by atoms with van der Waals surface area (Å²) in [7, 11) is 3.08. The van der Waals surface area contributed by atoms with E-state index in [0.717, 1.165) is 24.8 Å². The van der Waals surface area contributed by atoms with Crippen molar-refractivity contribution >= 4 is 11.8 Å². The third-order valence-electron chi connectivity index (χ3n) is 4.87. The van der Waals surface area contributed by atoms with Crippen LogP contribution in [0, 0.1) is 0 Å². The maximum atomic E-state index is 12.6.